The third-order valence-electron chi connectivity index (χ3n) is 6.08. The van der Waals surface area contributed by atoms with Gasteiger partial charge in [0, 0.05) is 17.3 Å². The number of fused-ring (bicyclic) bond motifs is 1. The van der Waals surface area contributed by atoms with Crippen LogP contribution in [0.5, 0.6) is 11.5 Å². The van der Waals surface area contributed by atoms with E-state index in [-0.39, 0.29) is 5.91 Å². The molecule has 7 nitrogen and oxygen atoms in total. The Balaban J connectivity index is 1.52. The van der Waals surface area contributed by atoms with Crippen LogP contribution in [0.4, 0.5) is 5.69 Å². The summed E-state index contributed by atoms with van der Waals surface area (Å²) in [6.45, 7) is 2.64. The molecule has 0 aliphatic heterocycles. The summed E-state index contributed by atoms with van der Waals surface area (Å²) >= 11 is 0. The number of benzene rings is 2. The van der Waals surface area contributed by atoms with Crippen molar-refractivity contribution in [2.75, 3.05) is 25.6 Å². The van der Waals surface area contributed by atoms with Crippen LogP contribution < -0.4 is 14.8 Å². The van der Waals surface area contributed by atoms with Gasteiger partial charge in [-0.1, -0.05) is 31.4 Å². The molecule has 34 heavy (non-hydrogen) atoms. The fraction of sp³-hybridized carbons (Fsp3) is 0.370. The topological polar surface area (TPSA) is 86.8 Å². The van der Waals surface area contributed by atoms with Gasteiger partial charge in [-0.05, 0) is 56.0 Å². The van der Waals surface area contributed by atoms with E-state index in [9.17, 15) is 9.59 Å². The number of para-hydroxylation sites is 1. The van der Waals surface area contributed by atoms with Crippen LogP contribution in [-0.2, 0) is 4.74 Å². The average Bonchev–Trinajstić information content (AvgIpc) is 2.87. The maximum atomic E-state index is 13.2. The number of esters is 1. The molecule has 1 aliphatic carbocycles. The van der Waals surface area contributed by atoms with E-state index in [1.807, 2.05) is 6.07 Å². The van der Waals surface area contributed by atoms with Crippen molar-refractivity contribution >= 4 is 28.5 Å². The van der Waals surface area contributed by atoms with Crippen LogP contribution in [-0.4, -0.2) is 37.2 Å². The van der Waals surface area contributed by atoms with Gasteiger partial charge < -0.3 is 19.5 Å². The van der Waals surface area contributed by atoms with E-state index in [0.29, 0.717) is 53.0 Å². The molecule has 1 saturated carbocycles. The number of pyridine rings is 1. The van der Waals surface area contributed by atoms with Gasteiger partial charge in [-0.2, -0.15) is 0 Å². The first kappa shape index (κ1) is 23.5. The Bertz CT molecular complexity index is 1170. The fourth-order valence-corrected chi connectivity index (χ4v) is 4.28. The number of anilines is 1. The quantitative estimate of drug-likeness (QED) is 0.437. The molecular formula is C27H30N2O5. The molecule has 0 atom stereocenters. The number of carbonyl (C=O) groups excluding carboxylic acids is 2. The van der Waals surface area contributed by atoms with Gasteiger partial charge in [0.25, 0.3) is 5.91 Å². The van der Waals surface area contributed by atoms with Crippen LogP contribution >= 0.6 is 0 Å². The molecule has 2 aromatic carbocycles. The van der Waals surface area contributed by atoms with Gasteiger partial charge in [-0.3, -0.25) is 9.78 Å². The molecule has 1 fully saturated rings. The van der Waals surface area contributed by atoms with Gasteiger partial charge in [0.15, 0.2) is 11.5 Å². The van der Waals surface area contributed by atoms with Crippen LogP contribution in [0, 0.1) is 5.92 Å². The predicted molar refractivity (Wildman–Crippen MR) is 131 cm³/mol. The summed E-state index contributed by atoms with van der Waals surface area (Å²) in [5.41, 5.74) is 2.06. The normalized spacial score (nSPS) is 13.9. The molecule has 0 bridgehead atoms. The molecule has 7 heteroatoms. The molecule has 0 unspecified atom stereocenters. The highest BCUT2D eigenvalue weighted by molar-refractivity contribution is 6.07. The number of carbonyl (C=O) groups is 2. The zero-order valence-corrected chi connectivity index (χ0v) is 19.6. The van der Waals surface area contributed by atoms with Crippen molar-refractivity contribution in [2.45, 2.75) is 39.0 Å². The first-order valence-corrected chi connectivity index (χ1v) is 11.8. The summed E-state index contributed by atoms with van der Waals surface area (Å²) in [6.07, 6.45) is 7.52. The monoisotopic (exact) mass is 462 g/mol. The number of ether oxygens (including phenoxy) is 3. The molecule has 1 amide bonds. The second kappa shape index (κ2) is 11.0. The van der Waals surface area contributed by atoms with Gasteiger partial charge in [0.1, 0.15) is 0 Å². The summed E-state index contributed by atoms with van der Waals surface area (Å²) < 4.78 is 16.7. The number of methoxy groups -OCH3 is 1. The molecule has 178 valence electrons. The van der Waals surface area contributed by atoms with E-state index in [1.165, 1.54) is 25.5 Å². The lowest BCUT2D eigenvalue weighted by Crippen LogP contribution is -2.18. The Labute approximate surface area is 199 Å². The number of nitrogens with one attached hydrogen (secondary N) is 1. The molecule has 1 N–H and O–H groups in total. The van der Waals surface area contributed by atoms with Crippen molar-refractivity contribution < 1.29 is 23.8 Å². The maximum absolute atomic E-state index is 13.2. The van der Waals surface area contributed by atoms with Crippen molar-refractivity contribution in [3.8, 4) is 11.5 Å². The molecular weight excluding hydrogens is 432 g/mol. The second-order valence-electron chi connectivity index (χ2n) is 8.46. The minimum atomic E-state index is -0.409. The Morgan fingerprint density at radius 1 is 1.09 bits per heavy atom. The SMILES string of the molecule is CCOC(=O)c1cnc2cc(NC(=O)c3cccc(OC)c3OCC3CCCCC3)ccc2c1. The standard InChI is InChI=1S/C27H30N2O5/c1-3-33-27(31)20-14-19-12-13-21(15-23(19)28-16-20)29-26(30)22-10-7-11-24(32-2)25(22)34-17-18-8-5-4-6-9-18/h7,10-16,18H,3-6,8-9,17H2,1-2H3,(H,29,30). The highest BCUT2D eigenvalue weighted by Crippen LogP contribution is 2.33. The molecule has 1 aliphatic rings. The van der Waals surface area contributed by atoms with Crippen molar-refractivity contribution in [1.82, 2.24) is 4.98 Å². The number of amides is 1. The fourth-order valence-electron chi connectivity index (χ4n) is 4.28. The first-order chi connectivity index (χ1) is 16.6. The van der Waals surface area contributed by atoms with Crippen LogP contribution in [0.3, 0.4) is 0 Å². The lowest BCUT2D eigenvalue weighted by molar-refractivity contribution is 0.0526. The van der Waals surface area contributed by atoms with Crippen LogP contribution in [0.2, 0.25) is 0 Å². The van der Waals surface area contributed by atoms with Crippen molar-refractivity contribution in [3.63, 3.8) is 0 Å². The average molecular weight is 463 g/mol. The minimum absolute atomic E-state index is 0.292. The van der Waals surface area contributed by atoms with E-state index >= 15 is 0 Å². The highest BCUT2D eigenvalue weighted by atomic mass is 16.5. The summed E-state index contributed by atoms with van der Waals surface area (Å²) in [4.78, 5) is 29.5. The zero-order valence-electron chi connectivity index (χ0n) is 19.6. The summed E-state index contributed by atoms with van der Waals surface area (Å²) in [5.74, 6) is 0.801. The Morgan fingerprint density at radius 3 is 2.68 bits per heavy atom. The van der Waals surface area contributed by atoms with Gasteiger partial charge in [-0.15, -0.1) is 0 Å². The Morgan fingerprint density at radius 2 is 1.91 bits per heavy atom. The van der Waals surface area contributed by atoms with E-state index in [0.717, 1.165) is 18.2 Å². The van der Waals surface area contributed by atoms with Gasteiger partial charge >= 0.3 is 5.97 Å². The van der Waals surface area contributed by atoms with E-state index < -0.39 is 5.97 Å². The first-order valence-electron chi connectivity index (χ1n) is 11.8. The number of hydrogen-bond acceptors (Lipinski definition) is 6. The largest absolute Gasteiger partial charge is 0.493 e. The number of rotatable bonds is 8. The summed E-state index contributed by atoms with van der Waals surface area (Å²) in [7, 11) is 1.57. The lowest BCUT2D eigenvalue weighted by Gasteiger charge is -2.23. The van der Waals surface area contributed by atoms with E-state index in [1.54, 1.807) is 50.4 Å². The second-order valence-corrected chi connectivity index (χ2v) is 8.46. The Hall–Kier alpha value is -3.61. The molecule has 1 heterocycles. The minimum Gasteiger partial charge on any atom is -0.493 e. The highest BCUT2D eigenvalue weighted by Gasteiger charge is 2.20. The predicted octanol–water partition coefficient (Wildman–Crippen LogP) is 5.63. The molecule has 0 spiro atoms. The van der Waals surface area contributed by atoms with E-state index in [2.05, 4.69) is 10.3 Å². The number of aromatic nitrogens is 1. The van der Waals surface area contributed by atoms with Gasteiger partial charge in [0.05, 0.1) is 37.0 Å². The third-order valence-corrected chi connectivity index (χ3v) is 6.08. The van der Waals surface area contributed by atoms with Crippen LogP contribution in [0.15, 0.2) is 48.7 Å². The molecule has 0 radical (unpaired) electrons. The smallest absolute Gasteiger partial charge is 0.339 e. The summed E-state index contributed by atoms with van der Waals surface area (Å²) in [6, 6.07) is 12.4. The van der Waals surface area contributed by atoms with Gasteiger partial charge in [0.2, 0.25) is 0 Å². The maximum Gasteiger partial charge on any atom is 0.339 e. The third kappa shape index (κ3) is 5.47. The van der Waals surface area contributed by atoms with Crippen LogP contribution in [0.25, 0.3) is 10.9 Å². The van der Waals surface area contributed by atoms with Crippen LogP contribution in [0.1, 0.15) is 59.7 Å². The number of nitrogens with zero attached hydrogens (tertiary/aromatic N) is 1. The zero-order chi connectivity index (χ0) is 23.9. The van der Waals surface area contributed by atoms with Gasteiger partial charge in [-0.25, -0.2) is 4.79 Å². The summed E-state index contributed by atoms with van der Waals surface area (Å²) in [5, 5.41) is 3.71. The number of hydrogen-bond donors (Lipinski definition) is 1. The lowest BCUT2D eigenvalue weighted by atomic mass is 9.90. The molecule has 3 aromatic rings. The molecule has 4 rings (SSSR count). The molecule has 0 saturated heterocycles. The van der Waals surface area contributed by atoms with Crippen molar-refractivity contribution in [3.05, 3.63) is 59.8 Å². The van der Waals surface area contributed by atoms with Crippen molar-refractivity contribution in [1.29, 1.82) is 0 Å². The van der Waals surface area contributed by atoms with E-state index in [4.69, 9.17) is 14.2 Å². The Kier molecular flexibility index (Phi) is 7.62. The molecule has 1 aromatic heterocycles. The van der Waals surface area contributed by atoms with Crippen molar-refractivity contribution in [2.24, 2.45) is 5.92 Å².